The maximum Gasteiger partial charge on any atom is 0.198 e. The Morgan fingerprint density at radius 3 is 2.29 bits per heavy atom. The molecule has 4 N–H and O–H groups in total. The molecule has 8 rings (SSSR count). The Kier molecular flexibility index (Phi) is 10.8. The number of Topliss-reactive ketones (excluding diaryl/α,β-unsaturated/α-hetero) is 4. The number of aliphatic hydroxyl groups is 3. The Balaban J connectivity index is 0.965. The van der Waals surface area contributed by atoms with E-state index in [4.69, 9.17) is 33.2 Å². The van der Waals surface area contributed by atoms with Crippen LogP contribution in [0.15, 0.2) is 47.6 Å². The van der Waals surface area contributed by atoms with Crippen LogP contribution in [0.3, 0.4) is 0 Å². The van der Waals surface area contributed by atoms with E-state index in [0.717, 1.165) is 6.08 Å². The number of carbonyl (C=O) groups excluding carboxylic acids is 5. The van der Waals surface area contributed by atoms with E-state index in [1.807, 2.05) is 0 Å². The van der Waals surface area contributed by atoms with Crippen molar-refractivity contribution < 1.29 is 77.6 Å². The highest BCUT2D eigenvalue weighted by atomic mass is 16.7. The average molecular weight is 823 g/mol. The molecule has 0 amide bonds. The van der Waals surface area contributed by atoms with Crippen LogP contribution in [0.1, 0.15) is 112 Å². The lowest BCUT2D eigenvalue weighted by Crippen LogP contribution is -2.69. The molecule has 7 aliphatic rings. The van der Waals surface area contributed by atoms with Gasteiger partial charge in [-0.05, 0) is 65.3 Å². The van der Waals surface area contributed by atoms with Gasteiger partial charge >= 0.3 is 0 Å². The largest absolute Gasteiger partial charge is 0.507 e. The molecule has 4 aliphatic heterocycles. The zero-order valence-electron chi connectivity index (χ0n) is 33.5. The first kappa shape index (κ1) is 41.9. The van der Waals surface area contributed by atoms with Crippen molar-refractivity contribution in [3.63, 3.8) is 0 Å². The summed E-state index contributed by atoms with van der Waals surface area (Å²) in [6, 6.07) is 2.68. The fourth-order valence-corrected chi connectivity index (χ4v) is 9.57. The van der Waals surface area contributed by atoms with Gasteiger partial charge in [-0.3, -0.25) is 24.0 Å². The van der Waals surface area contributed by atoms with Gasteiger partial charge in [-0.15, -0.1) is 0 Å². The van der Waals surface area contributed by atoms with E-state index in [-0.39, 0.29) is 53.1 Å². The second-order valence-electron chi connectivity index (χ2n) is 17.1. The van der Waals surface area contributed by atoms with Crippen molar-refractivity contribution in [2.45, 2.75) is 164 Å². The van der Waals surface area contributed by atoms with Crippen molar-refractivity contribution in [2.24, 2.45) is 0 Å². The number of hydrogen-bond donors (Lipinski definition) is 4. The highest BCUT2D eigenvalue weighted by Gasteiger charge is 2.67. The molecule has 318 valence electrons. The van der Waals surface area contributed by atoms with Crippen LogP contribution in [-0.2, 0) is 47.5 Å². The summed E-state index contributed by atoms with van der Waals surface area (Å²) in [5, 5.41) is 47.0. The number of rotatable bonds is 7. The minimum atomic E-state index is -2.82. The van der Waals surface area contributed by atoms with E-state index in [1.54, 1.807) is 40.7 Å². The number of phenols is 1. The summed E-state index contributed by atoms with van der Waals surface area (Å²) in [5.74, 6) is -3.46. The number of benzene rings is 1. The first-order valence-corrected chi connectivity index (χ1v) is 20.2. The third-order valence-corrected chi connectivity index (χ3v) is 12.7. The van der Waals surface area contributed by atoms with E-state index in [9.17, 15) is 44.4 Å². The molecule has 3 aliphatic carbocycles. The van der Waals surface area contributed by atoms with Crippen molar-refractivity contribution in [1.29, 1.82) is 0 Å². The quantitative estimate of drug-likeness (QED) is 0.310. The van der Waals surface area contributed by atoms with Crippen molar-refractivity contribution in [3.8, 4) is 5.75 Å². The maximum atomic E-state index is 14.3. The van der Waals surface area contributed by atoms with Crippen LogP contribution >= 0.6 is 0 Å². The van der Waals surface area contributed by atoms with E-state index < -0.39 is 120 Å². The second kappa shape index (κ2) is 15.3. The molecule has 0 bridgehead atoms. The molecule has 0 aromatic heterocycles. The Bertz CT molecular complexity index is 2040. The van der Waals surface area contributed by atoms with Gasteiger partial charge in [0.15, 0.2) is 53.4 Å². The fourth-order valence-electron chi connectivity index (χ4n) is 9.57. The summed E-state index contributed by atoms with van der Waals surface area (Å²) >= 11 is 0. The maximum absolute atomic E-state index is 14.3. The monoisotopic (exact) mass is 822 g/mol. The third-order valence-electron chi connectivity index (χ3n) is 12.7. The molecule has 0 unspecified atom stereocenters. The van der Waals surface area contributed by atoms with Gasteiger partial charge < -0.3 is 53.6 Å². The van der Waals surface area contributed by atoms with Crippen LogP contribution in [0, 0.1) is 0 Å². The summed E-state index contributed by atoms with van der Waals surface area (Å²) in [5.41, 5.74) is -8.01. The molecule has 0 radical (unpaired) electrons. The summed E-state index contributed by atoms with van der Waals surface area (Å²) < 4.78 is 41.9. The van der Waals surface area contributed by atoms with Gasteiger partial charge in [-0.2, -0.15) is 0 Å². The Morgan fingerprint density at radius 1 is 0.831 bits per heavy atom. The lowest BCUT2D eigenvalue weighted by atomic mass is 9.57. The molecule has 59 heavy (non-hydrogen) atoms. The Hall–Kier alpha value is -3.81. The molecule has 4 heterocycles. The van der Waals surface area contributed by atoms with E-state index >= 15 is 0 Å². The highest BCUT2D eigenvalue weighted by Crippen LogP contribution is 2.53. The Morgan fingerprint density at radius 2 is 1.59 bits per heavy atom. The van der Waals surface area contributed by atoms with Gasteiger partial charge in [0, 0.05) is 55.2 Å². The molecule has 14 atom stereocenters. The molecular formula is C43H50O16. The zero-order chi connectivity index (χ0) is 42.3. The minimum Gasteiger partial charge on any atom is -0.507 e. The molecule has 16 nitrogen and oxygen atoms in total. The smallest absolute Gasteiger partial charge is 0.198 e. The number of ketones is 5. The van der Waals surface area contributed by atoms with Crippen molar-refractivity contribution in [1.82, 2.24) is 0 Å². The average Bonchev–Trinajstić information content (AvgIpc) is 3.16. The lowest BCUT2D eigenvalue weighted by Gasteiger charge is -2.53. The number of aromatic hydroxyl groups is 1. The number of phenolic OH excluding ortho intramolecular Hbond substituents is 1. The molecule has 3 saturated heterocycles. The summed E-state index contributed by atoms with van der Waals surface area (Å²) in [4.78, 5) is 66.3. The van der Waals surface area contributed by atoms with Crippen LogP contribution in [0.5, 0.6) is 5.75 Å². The second-order valence-corrected chi connectivity index (χ2v) is 17.1. The zero-order valence-corrected chi connectivity index (χ0v) is 33.5. The normalized spacial score (nSPS) is 42.4. The van der Waals surface area contributed by atoms with Crippen molar-refractivity contribution in [3.05, 3.63) is 64.3 Å². The van der Waals surface area contributed by atoms with Gasteiger partial charge in [-0.25, -0.2) is 0 Å². The van der Waals surface area contributed by atoms with Gasteiger partial charge in [0.2, 0.25) is 0 Å². The number of carbonyl (C=O) groups is 5. The molecule has 1 aromatic rings. The van der Waals surface area contributed by atoms with Gasteiger partial charge in [-0.1, -0.05) is 12.1 Å². The van der Waals surface area contributed by atoms with Gasteiger partial charge in [0.05, 0.1) is 47.3 Å². The predicted octanol–water partition coefficient (Wildman–Crippen LogP) is 2.71. The molecule has 16 heteroatoms. The number of ether oxygens (including phenoxy) is 7. The van der Waals surface area contributed by atoms with Crippen LogP contribution in [-0.4, -0.2) is 128 Å². The van der Waals surface area contributed by atoms with Gasteiger partial charge in [0.1, 0.15) is 29.7 Å². The van der Waals surface area contributed by atoms with Crippen LogP contribution in [0.4, 0.5) is 0 Å². The van der Waals surface area contributed by atoms with Gasteiger partial charge in [0.25, 0.3) is 0 Å². The number of fused-ring (bicyclic) bond motifs is 3. The molecule has 1 saturated carbocycles. The molecular weight excluding hydrogens is 772 g/mol. The van der Waals surface area contributed by atoms with Crippen LogP contribution in [0.25, 0.3) is 0 Å². The first-order chi connectivity index (χ1) is 27.8. The highest BCUT2D eigenvalue weighted by molar-refractivity contribution is 6.32. The Labute approximate surface area is 340 Å². The topological polar surface area (TPSA) is 231 Å². The molecule has 1 aromatic carbocycles. The van der Waals surface area contributed by atoms with E-state index in [1.165, 1.54) is 24.3 Å². The summed E-state index contributed by atoms with van der Waals surface area (Å²) in [6.45, 7) is 8.35. The SMILES string of the molecule is C[C@@H]1O[C@@H](O[C@H]2CC[C@H](O[C@@]3(C)CC(=O)[C@]4(O)C5=C(C=C[C@]4(O)C3)C(=O)c3c(ccc([C@H]4C[C@@H](O)[C@H](O[C@H]6CCC(=O)[C@H](C)O6)[C@@H](C)O4)c3O)C5=O)O[C@H]2C)C=CC1=O. The minimum absolute atomic E-state index is 0.0357. The number of allylic oxidation sites excluding steroid dienone is 2. The lowest BCUT2D eigenvalue weighted by molar-refractivity contribution is -0.290. The number of hydrogen-bond acceptors (Lipinski definition) is 16. The summed E-state index contributed by atoms with van der Waals surface area (Å²) in [7, 11) is 0. The third kappa shape index (κ3) is 7.20. The number of aliphatic hydroxyl groups excluding tert-OH is 1. The molecule has 4 fully saturated rings. The predicted molar refractivity (Wildman–Crippen MR) is 201 cm³/mol. The standard InChI is InChI=1S/C43H50O16/c1-19-26(44)8-11-32(54-19)57-29-10-13-34(56-21(29)3)59-41(5)17-31(47)43(52)36-25(14-15-42(43,51)18-41)38(49)35-24(39(36)50)7-6-23(37(35)48)30-16-28(46)40(22(4)53-30)58-33-12-9-27(45)20(2)55-33/h6-8,11,14-15,19-22,28-30,32-34,40,46,48,51-52H,9-10,12-13,16-18H2,1-5H3/t19-,20-,21-,22+,28+,29-,30+,32-,33-,34-,40+,41-,42-,43-/m0/s1. The van der Waals surface area contributed by atoms with Crippen molar-refractivity contribution >= 4 is 28.9 Å². The van der Waals surface area contributed by atoms with Crippen molar-refractivity contribution in [2.75, 3.05) is 0 Å². The van der Waals surface area contributed by atoms with E-state index in [2.05, 4.69) is 0 Å². The van der Waals surface area contributed by atoms with Crippen LogP contribution in [0.2, 0.25) is 0 Å². The van der Waals surface area contributed by atoms with Crippen LogP contribution < -0.4 is 0 Å². The van der Waals surface area contributed by atoms with E-state index in [0.29, 0.717) is 19.3 Å². The summed E-state index contributed by atoms with van der Waals surface area (Å²) in [6.07, 6.45) is -2.04. The first-order valence-electron chi connectivity index (χ1n) is 20.2. The molecule has 0 spiro atoms. The fraction of sp³-hybridized carbons (Fsp3) is 0.605.